The first-order valence-corrected chi connectivity index (χ1v) is 14.6. The van der Waals surface area contributed by atoms with Gasteiger partial charge >= 0.3 is 0 Å². The summed E-state index contributed by atoms with van der Waals surface area (Å²) in [7, 11) is -3.94. The van der Waals surface area contributed by atoms with E-state index >= 15 is 0 Å². The quantitative estimate of drug-likeness (QED) is 0.301. The molecule has 1 fully saturated rings. The Balaban J connectivity index is 1.64. The smallest absolute Gasteiger partial charge is 0.264 e. The normalized spacial score (nSPS) is 14.2. The van der Waals surface area contributed by atoms with Crippen molar-refractivity contribution in [3.8, 4) is 11.5 Å². The highest BCUT2D eigenvalue weighted by Crippen LogP contribution is 2.33. The molecular formula is C27H30BrClN2O4S. The van der Waals surface area contributed by atoms with Gasteiger partial charge in [0.05, 0.1) is 17.1 Å². The number of rotatable bonds is 10. The van der Waals surface area contributed by atoms with Gasteiger partial charge in [0.15, 0.2) is 0 Å². The average Bonchev–Trinajstić information content (AvgIpc) is 3.37. The molecule has 0 amide bonds. The van der Waals surface area contributed by atoms with E-state index < -0.39 is 10.0 Å². The number of phenolic OH excluding ortho intramolecular Hbond substituents is 1. The van der Waals surface area contributed by atoms with Crippen molar-refractivity contribution < 1.29 is 18.3 Å². The Kier molecular flexibility index (Phi) is 8.83. The lowest BCUT2D eigenvalue weighted by atomic mass is 10.2. The molecule has 0 unspecified atom stereocenters. The van der Waals surface area contributed by atoms with Crippen LogP contribution in [0.1, 0.15) is 30.9 Å². The third kappa shape index (κ3) is 6.35. The molecule has 0 spiro atoms. The Morgan fingerprint density at radius 3 is 2.42 bits per heavy atom. The van der Waals surface area contributed by atoms with Crippen molar-refractivity contribution in [2.75, 3.05) is 30.5 Å². The number of ether oxygens (including phenoxy) is 1. The molecule has 0 aliphatic carbocycles. The first kappa shape index (κ1) is 26.8. The third-order valence-corrected chi connectivity index (χ3v) is 9.04. The standard InChI is InChI=1S/C27H30BrClN2O4S/c1-2-20-17-22(28)6-12-27(20)36(33,34)31(19-21-5-9-24(32)18-26(21)29)23-7-10-25(11-8-23)35-16-15-30-13-3-4-14-30/h5-12,17-18,32H,2-4,13-16,19H2,1H3. The van der Waals surface area contributed by atoms with Crippen LogP contribution in [0.2, 0.25) is 5.02 Å². The molecule has 0 bridgehead atoms. The minimum absolute atomic E-state index is 0.00975. The first-order valence-electron chi connectivity index (χ1n) is 12.0. The zero-order valence-electron chi connectivity index (χ0n) is 20.2. The van der Waals surface area contributed by atoms with Crippen molar-refractivity contribution in [3.05, 3.63) is 81.3 Å². The van der Waals surface area contributed by atoms with E-state index in [4.69, 9.17) is 16.3 Å². The number of nitrogens with zero attached hydrogens (tertiary/aromatic N) is 2. The van der Waals surface area contributed by atoms with Gasteiger partial charge in [-0.1, -0.05) is 40.5 Å². The fourth-order valence-corrected chi connectivity index (χ4v) is 6.70. The molecule has 0 saturated carbocycles. The van der Waals surface area contributed by atoms with Crippen LogP contribution in [0.4, 0.5) is 5.69 Å². The SMILES string of the molecule is CCc1cc(Br)ccc1S(=O)(=O)N(Cc1ccc(O)cc1Cl)c1ccc(OCCN2CCCC2)cc1. The number of aryl methyl sites for hydroxylation is 1. The van der Waals surface area contributed by atoms with Crippen molar-refractivity contribution in [3.63, 3.8) is 0 Å². The maximum atomic E-state index is 14.0. The van der Waals surface area contributed by atoms with E-state index in [-0.39, 0.29) is 17.2 Å². The van der Waals surface area contributed by atoms with Gasteiger partial charge in [-0.2, -0.15) is 0 Å². The van der Waals surface area contributed by atoms with Crippen LogP contribution in [0.3, 0.4) is 0 Å². The van der Waals surface area contributed by atoms with E-state index in [1.807, 2.05) is 13.0 Å². The van der Waals surface area contributed by atoms with Crippen molar-refractivity contribution in [1.82, 2.24) is 4.90 Å². The summed E-state index contributed by atoms with van der Waals surface area (Å²) in [6.07, 6.45) is 3.04. The summed E-state index contributed by atoms with van der Waals surface area (Å²) >= 11 is 9.80. The molecule has 0 radical (unpaired) electrons. The molecule has 0 aromatic heterocycles. The summed E-state index contributed by atoms with van der Waals surface area (Å²) in [5.74, 6) is 0.714. The Hall–Kier alpha value is -2.26. The van der Waals surface area contributed by atoms with E-state index in [1.165, 1.54) is 29.3 Å². The second-order valence-corrected chi connectivity index (χ2v) is 11.9. The lowest BCUT2D eigenvalue weighted by Crippen LogP contribution is -2.31. The third-order valence-electron chi connectivity index (χ3n) is 6.32. The van der Waals surface area contributed by atoms with Crippen LogP contribution in [0.15, 0.2) is 70.0 Å². The maximum Gasteiger partial charge on any atom is 0.264 e. The molecule has 1 aliphatic heterocycles. The molecule has 6 nitrogen and oxygen atoms in total. The second-order valence-electron chi connectivity index (χ2n) is 8.78. The largest absolute Gasteiger partial charge is 0.508 e. The number of hydrogen-bond donors (Lipinski definition) is 1. The molecule has 9 heteroatoms. The van der Waals surface area contributed by atoms with Crippen LogP contribution in [0.5, 0.6) is 11.5 Å². The fourth-order valence-electron chi connectivity index (χ4n) is 4.34. The van der Waals surface area contributed by atoms with Crippen LogP contribution in [0.25, 0.3) is 0 Å². The van der Waals surface area contributed by atoms with Crippen LogP contribution in [-0.4, -0.2) is 44.7 Å². The van der Waals surface area contributed by atoms with Gasteiger partial charge in [0.1, 0.15) is 18.1 Å². The number of sulfonamides is 1. The zero-order chi connectivity index (χ0) is 25.7. The van der Waals surface area contributed by atoms with Crippen molar-refractivity contribution in [2.24, 2.45) is 0 Å². The van der Waals surface area contributed by atoms with Gasteiger partial charge in [0.25, 0.3) is 10.0 Å². The van der Waals surface area contributed by atoms with Gasteiger partial charge in [0.2, 0.25) is 0 Å². The lowest BCUT2D eigenvalue weighted by molar-refractivity contribution is 0.238. The summed E-state index contributed by atoms with van der Waals surface area (Å²) < 4.78 is 36.1. The summed E-state index contributed by atoms with van der Waals surface area (Å²) in [6, 6.07) is 16.8. The summed E-state index contributed by atoms with van der Waals surface area (Å²) in [5.41, 5.74) is 1.79. The molecule has 3 aromatic carbocycles. The van der Waals surface area contributed by atoms with Crippen LogP contribution >= 0.6 is 27.5 Å². The molecule has 1 heterocycles. The number of likely N-dealkylation sites (tertiary alicyclic amines) is 1. The van der Waals surface area contributed by atoms with Gasteiger partial charge in [-0.25, -0.2) is 8.42 Å². The van der Waals surface area contributed by atoms with Crippen LogP contribution in [0, 0.1) is 0 Å². The summed E-state index contributed by atoms with van der Waals surface area (Å²) in [6.45, 7) is 5.63. The number of phenols is 1. The zero-order valence-corrected chi connectivity index (χ0v) is 23.3. The minimum Gasteiger partial charge on any atom is -0.508 e. The van der Waals surface area contributed by atoms with E-state index in [0.29, 0.717) is 40.6 Å². The Bertz CT molecular complexity index is 1300. The highest BCUT2D eigenvalue weighted by molar-refractivity contribution is 9.10. The first-order chi connectivity index (χ1) is 17.3. The average molecular weight is 594 g/mol. The molecule has 1 N–H and O–H groups in total. The highest BCUT2D eigenvalue weighted by atomic mass is 79.9. The molecule has 36 heavy (non-hydrogen) atoms. The minimum atomic E-state index is -3.94. The second kappa shape index (κ2) is 11.9. The van der Waals surface area contributed by atoms with Crippen LogP contribution < -0.4 is 9.04 Å². The van der Waals surface area contributed by atoms with Crippen molar-refractivity contribution in [1.29, 1.82) is 0 Å². The Morgan fingerprint density at radius 2 is 1.75 bits per heavy atom. The van der Waals surface area contributed by atoms with Gasteiger partial charge in [-0.15, -0.1) is 0 Å². The maximum absolute atomic E-state index is 14.0. The predicted molar refractivity (Wildman–Crippen MR) is 148 cm³/mol. The summed E-state index contributed by atoms with van der Waals surface area (Å²) in [4.78, 5) is 2.63. The van der Waals surface area contributed by atoms with E-state index in [9.17, 15) is 13.5 Å². The number of hydrogen-bond acceptors (Lipinski definition) is 5. The topological polar surface area (TPSA) is 70.1 Å². The van der Waals surface area contributed by atoms with Crippen LogP contribution in [-0.2, 0) is 23.0 Å². The number of anilines is 1. The monoisotopic (exact) mass is 592 g/mol. The van der Waals surface area contributed by atoms with E-state index in [1.54, 1.807) is 42.5 Å². The molecule has 4 rings (SSSR count). The number of benzene rings is 3. The predicted octanol–water partition coefficient (Wildman–Crippen LogP) is 6.24. The number of halogens is 2. The lowest BCUT2D eigenvalue weighted by Gasteiger charge is -2.26. The van der Waals surface area contributed by atoms with Gasteiger partial charge in [-0.3, -0.25) is 9.21 Å². The molecule has 1 saturated heterocycles. The van der Waals surface area contributed by atoms with Gasteiger partial charge in [0, 0.05) is 16.0 Å². The molecule has 1 aliphatic rings. The van der Waals surface area contributed by atoms with Crippen molar-refractivity contribution >= 4 is 43.2 Å². The Morgan fingerprint density at radius 1 is 1.03 bits per heavy atom. The summed E-state index contributed by atoms with van der Waals surface area (Å²) in [5, 5.41) is 10.0. The Labute approximate surface area is 226 Å². The highest BCUT2D eigenvalue weighted by Gasteiger charge is 2.28. The van der Waals surface area contributed by atoms with E-state index in [0.717, 1.165) is 24.1 Å². The molecule has 192 valence electrons. The fraction of sp³-hybridized carbons (Fsp3) is 0.333. The molecule has 3 aromatic rings. The van der Waals surface area contributed by atoms with E-state index in [2.05, 4.69) is 20.8 Å². The van der Waals surface area contributed by atoms with Gasteiger partial charge in [-0.05, 0) is 98.1 Å². The molecule has 0 atom stereocenters. The van der Waals surface area contributed by atoms with Crippen molar-refractivity contribution in [2.45, 2.75) is 37.6 Å². The van der Waals surface area contributed by atoms with Gasteiger partial charge < -0.3 is 9.84 Å². The number of aromatic hydroxyl groups is 1. The molecular weight excluding hydrogens is 564 g/mol.